The highest BCUT2D eigenvalue weighted by molar-refractivity contribution is 7.99. The Balaban J connectivity index is 1.60. The zero-order chi connectivity index (χ0) is 23.6. The third-order valence-electron chi connectivity index (χ3n) is 4.45. The van der Waals surface area contributed by atoms with Crippen molar-refractivity contribution >= 4 is 29.3 Å². The molecule has 0 fully saturated rings. The molecule has 0 saturated carbocycles. The molecule has 0 radical (unpaired) electrons. The van der Waals surface area contributed by atoms with Crippen molar-refractivity contribution in [3.63, 3.8) is 0 Å². The van der Waals surface area contributed by atoms with E-state index in [1.165, 1.54) is 18.9 Å². The lowest BCUT2D eigenvalue weighted by Gasteiger charge is -2.11. The molecular weight excluding hydrogens is 444 g/mol. The molecule has 1 aromatic heterocycles. The van der Waals surface area contributed by atoms with Crippen LogP contribution in [-0.2, 0) is 22.7 Å². The van der Waals surface area contributed by atoms with Crippen LogP contribution in [0.3, 0.4) is 0 Å². The van der Waals surface area contributed by atoms with Gasteiger partial charge in [-0.1, -0.05) is 30.0 Å². The van der Waals surface area contributed by atoms with Crippen molar-refractivity contribution in [3.05, 3.63) is 72.6 Å². The number of benzene rings is 2. The Hall–Kier alpha value is -3.79. The number of carbonyl (C=O) groups is 2. The Bertz CT molecular complexity index is 1110. The Labute approximate surface area is 195 Å². The first-order chi connectivity index (χ1) is 16.0. The predicted octanol–water partition coefficient (Wildman–Crippen LogP) is 3.57. The number of nitrogens with one attached hydrogen (secondary N) is 1. The van der Waals surface area contributed by atoms with Gasteiger partial charge in [0.15, 0.2) is 22.5 Å². The molecule has 1 amide bonds. The molecule has 0 unspecified atom stereocenters. The van der Waals surface area contributed by atoms with E-state index in [-0.39, 0.29) is 18.3 Å². The fourth-order valence-corrected chi connectivity index (χ4v) is 3.63. The zero-order valence-electron chi connectivity index (χ0n) is 18.3. The standard InChI is InChI=1S/C23H24N4O5S/c1-4-13-27-20(14-32-19-8-6-5-7-18(19)30-2)25-26-23(27)33-15-21(28)24-17-11-9-16(10-12-17)22(29)31-3/h4-12H,1,13-15H2,2-3H3,(H,24,28). The van der Waals surface area contributed by atoms with Gasteiger partial charge in [0.25, 0.3) is 0 Å². The lowest BCUT2D eigenvalue weighted by molar-refractivity contribution is -0.113. The largest absolute Gasteiger partial charge is 0.493 e. The summed E-state index contributed by atoms with van der Waals surface area (Å²) < 4.78 is 17.7. The van der Waals surface area contributed by atoms with Gasteiger partial charge in [-0.15, -0.1) is 16.8 Å². The van der Waals surface area contributed by atoms with Crippen molar-refractivity contribution < 1.29 is 23.8 Å². The van der Waals surface area contributed by atoms with Gasteiger partial charge in [-0.25, -0.2) is 4.79 Å². The van der Waals surface area contributed by atoms with E-state index in [1.807, 2.05) is 28.8 Å². The highest BCUT2D eigenvalue weighted by Gasteiger charge is 2.15. The molecule has 0 bridgehead atoms. The molecule has 1 heterocycles. The fourth-order valence-electron chi connectivity index (χ4n) is 2.86. The second-order valence-electron chi connectivity index (χ2n) is 6.64. The molecule has 172 valence electrons. The summed E-state index contributed by atoms with van der Waals surface area (Å²) in [5.74, 6) is 1.29. The zero-order valence-corrected chi connectivity index (χ0v) is 19.1. The topological polar surface area (TPSA) is 105 Å². The van der Waals surface area contributed by atoms with Crippen LogP contribution >= 0.6 is 11.8 Å². The Morgan fingerprint density at radius 2 is 1.82 bits per heavy atom. The van der Waals surface area contributed by atoms with Crippen LogP contribution in [0.2, 0.25) is 0 Å². The van der Waals surface area contributed by atoms with E-state index in [4.69, 9.17) is 9.47 Å². The van der Waals surface area contributed by atoms with Gasteiger partial charge in [-0.2, -0.15) is 0 Å². The summed E-state index contributed by atoms with van der Waals surface area (Å²) in [6.07, 6.45) is 1.73. The van der Waals surface area contributed by atoms with Crippen molar-refractivity contribution in [2.24, 2.45) is 0 Å². The lowest BCUT2D eigenvalue weighted by atomic mass is 10.2. The first-order valence-electron chi connectivity index (χ1n) is 9.95. The van der Waals surface area contributed by atoms with Gasteiger partial charge < -0.3 is 19.5 Å². The number of aromatic nitrogens is 3. The van der Waals surface area contributed by atoms with Crippen LogP contribution in [-0.4, -0.2) is 46.6 Å². The summed E-state index contributed by atoms with van der Waals surface area (Å²) in [6, 6.07) is 13.8. The number of hydrogen-bond donors (Lipinski definition) is 1. The number of anilines is 1. The van der Waals surface area contributed by atoms with Crippen LogP contribution in [0.15, 0.2) is 66.3 Å². The molecule has 0 saturated heterocycles. The second kappa shape index (κ2) is 11.7. The molecule has 0 aliphatic heterocycles. The first-order valence-corrected chi connectivity index (χ1v) is 10.9. The van der Waals surface area contributed by atoms with Gasteiger partial charge in [-0.05, 0) is 36.4 Å². The molecule has 2 aromatic carbocycles. The maximum atomic E-state index is 12.4. The molecule has 0 spiro atoms. The number of methoxy groups -OCH3 is 2. The Kier molecular flexibility index (Phi) is 8.48. The van der Waals surface area contributed by atoms with Crippen molar-refractivity contribution in [1.29, 1.82) is 0 Å². The van der Waals surface area contributed by atoms with E-state index < -0.39 is 5.97 Å². The number of rotatable bonds is 11. The molecule has 0 atom stereocenters. The maximum Gasteiger partial charge on any atom is 0.337 e. The third kappa shape index (κ3) is 6.36. The number of para-hydroxylation sites is 2. The number of allylic oxidation sites excluding steroid dienone is 1. The normalized spacial score (nSPS) is 10.4. The molecule has 3 rings (SSSR count). The van der Waals surface area contributed by atoms with Crippen LogP contribution in [0.5, 0.6) is 11.5 Å². The average molecular weight is 469 g/mol. The number of nitrogens with zero attached hydrogens (tertiary/aromatic N) is 3. The van der Waals surface area contributed by atoms with Crippen LogP contribution in [0, 0.1) is 0 Å². The SMILES string of the molecule is C=CCn1c(COc2ccccc2OC)nnc1SCC(=O)Nc1ccc(C(=O)OC)cc1. The molecule has 0 aliphatic rings. The lowest BCUT2D eigenvalue weighted by Crippen LogP contribution is -2.15. The summed E-state index contributed by atoms with van der Waals surface area (Å²) >= 11 is 1.25. The number of amides is 1. The monoisotopic (exact) mass is 468 g/mol. The number of thioether (sulfide) groups is 1. The van der Waals surface area contributed by atoms with Gasteiger partial charge in [0.2, 0.25) is 5.91 Å². The van der Waals surface area contributed by atoms with E-state index in [9.17, 15) is 9.59 Å². The quantitative estimate of drug-likeness (QED) is 0.259. The molecule has 9 nitrogen and oxygen atoms in total. The number of carbonyl (C=O) groups excluding carboxylic acids is 2. The minimum absolute atomic E-state index is 0.126. The predicted molar refractivity (Wildman–Crippen MR) is 125 cm³/mol. The first kappa shape index (κ1) is 23.9. The number of ether oxygens (including phenoxy) is 3. The second-order valence-corrected chi connectivity index (χ2v) is 7.59. The summed E-state index contributed by atoms with van der Waals surface area (Å²) in [6.45, 7) is 4.43. The summed E-state index contributed by atoms with van der Waals surface area (Å²) in [5.41, 5.74) is 0.983. The fraction of sp³-hybridized carbons (Fsp3) is 0.217. The Morgan fingerprint density at radius 1 is 1.09 bits per heavy atom. The van der Waals surface area contributed by atoms with Crippen LogP contribution in [0.1, 0.15) is 16.2 Å². The summed E-state index contributed by atoms with van der Waals surface area (Å²) in [7, 11) is 2.89. The van der Waals surface area contributed by atoms with Crippen molar-refractivity contribution in [1.82, 2.24) is 14.8 Å². The Morgan fingerprint density at radius 3 is 2.48 bits per heavy atom. The van der Waals surface area contributed by atoms with Gasteiger partial charge in [-0.3, -0.25) is 9.36 Å². The van der Waals surface area contributed by atoms with Gasteiger partial charge in [0.1, 0.15) is 6.61 Å². The minimum atomic E-state index is -0.435. The highest BCUT2D eigenvalue weighted by atomic mass is 32.2. The summed E-state index contributed by atoms with van der Waals surface area (Å²) in [5, 5.41) is 11.8. The van der Waals surface area contributed by atoms with Crippen LogP contribution in [0.25, 0.3) is 0 Å². The van der Waals surface area contributed by atoms with E-state index in [0.717, 1.165) is 0 Å². The maximum absolute atomic E-state index is 12.4. The molecule has 10 heteroatoms. The van der Waals surface area contributed by atoms with Crippen LogP contribution in [0.4, 0.5) is 5.69 Å². The number of esters is 1. The van der Waals surface area contributed by atoms with Crippen LogP contribution < -0.4 is 14.8 Å². The van der Waals surface area contributed by atoms with Crippen molar-refractivity contribution in [3.8, 4) is 11.5 Å². The average Bonchev–Trinajstić information content (AvgIpc) is 3.23. The van der Waals surface area contributed by atoms with E-state index >= 15 is 0 Å². The molecule has 1 N–H and O–H groups in total. The van der Waals surface area contributed by atoms with Crippen molar-refractivity contribution in [2.45, 2.75) is 18.3 Å². The summed E-state index contributed by atoms with van der Waals surface area (Å²) in [4.78, 5) is 23.9. The van der Waals surface area contributed by atoms with E-state index in [2.05, 4.69) is 26.8 Å². The van der Waals surface area contributed by atoms with Gasteiger partial charge >= 0.3 is 5.97 Å². The van der Waals surface area contributed by atoms with Crippen molar-refractivity contribution in [2.75, 3.05) is 25.3 Å². The number of hydrogen-bond acceptors (Lipinski definition) is 8. The third-order valence-corrected chi connectivity index (χ3v) is 5.42. The molecular formula is C23H24N4O5S. The molecule has 3 aromatic rings. The molecule has 33 heavy (non-hydrogen) atoms. The van der Waals surface area contributed by atoms with Gasteiger partial charge in [0, 0.05) is 12.2 Å². The van der Waals surface area contributed by atoms with Gasteiger partial charge in [0.05, 0.1) is 25.5 Å². The minimum Gasteiger partial charge on any atom is -0.493 e. The van der Waals surface area contributed by atoms with E-state index in [0.29, 0.717) is 40.3 Å². The highest BCUT2D eigenvalue weighted by Crippen LogP contribution is 2.27. The molecule has 0 aliphatic carbocycles. The van der Waals surface area contributed by atoms with E-state index in [1.54, 1.807) is 37.5 Å². The smallest absolute Gasteiger partial charge is 0.337 e.